The molecule has 0 amide bonds. The maximum Gasteiger partial charge on any atom is 0.150 e. The average Bonchev–Trinajstić information content (AvgIpc) is 2.40. The van der Waals surface area contributed by atoms with Crippen LogP contribution in [-0.4, -0.2) is 11.4 Å². The molecule has 92 valence electrons. The van der Waals surface area contributed by atoms with E-state index < -0.39 is 0 Å². The second-order valence-electron chi connectivity index (χ2n) is 4.11. The molecule has 0 radical (unpaired) electrons. The molecule has 0 atom stereocenters. The molecule has 1 N–H and O–H groups in total. The van der Waals surface area contributed by atoms with E-state index in [1.807, 2.05) is 19.1 Å². The van der Waals surface area contributed by atoms with E-state index in [-0.39, 0.29) is 5.75 Å². The summed E-state index contributed by atoms with van der Waals surface area (Å²) >= 11 is 0. The number of carbonyl (C=O) groups excluding carboxylic acids is 1. The van der Waals surface area contributed by atoms with Gasteiger partial charge in [0.2, 0.25) is 0 Å². The molecular formula is C15H14O3. The van der Waals surface area contributed by atoms with Gasteiger partial charge in [-0.15, -0.1) is 0 Å². The van der Waals surface area contributed by atoms with Crippen molar-refractivity contribution in [3.8, 4) is 11.5 Å². The van der Waals surface area contributed by atoms with Gasteiger partial charge in [-0.3, -0.25) is 4.79 Å². The molecule has 0 bridgehead atoms. The van der Waals surface area contributed by atoms with E-state index in [1.165, 1.54) is 0 Å². The van der Waals surface area contributed by atoms with Crippen LogP contribution in [0.15, 0.2) is 42.5 Å². The summed E-state index contributed by atoms with van der Waals surface area (Å²) in [6.07, 6.45) is 0.788. The molecule has 3 heteroatoms. The van der Waals surface area contributed by atoms with Crippen LogP contribution in [0.4, 0.5) is 0 Å². The molecule has 0 saturated heterocycles. The molecule has 0 fully saturated rings. The molecule has 3 nitrogen and oxygen atoms in total. The molecule has 0 aromatic heterocycles. The molecule has 0 aliphatic heterocycles. The first-order chi connectivity index (χ1) is 8.69. The largest absolute Gasteiger partial charge is 0.508 e. The van der Waals surface area contributed by atoms with Crippen molar-refractivity contribution < 1.29 is 14.6 Å². The number of carbonyl (C=O) groups is 1. The lowest BCUT2D eigenvalue weighted by Gasteiger charge is -2.08. The molecule has 0 aliphatic carbocycles. The minimum Gasteiger partial charge on any atom is -0.508 e. The lowest BCUT2D eigenvalue weighted by atomic mass is 10.1. The minimum atomic E-state index is 0.227. The topological polar surface area (TPSA) is 46.5 Å². The SMILES string of the molecule is Cc1ccc(O)c(COc2ccc(C=O)cc2)c1. The van der Waals surface area contributed by atoms with Crippen LogP contribution >= 0.6 is 0 Å². The first kappa shape index (κ1) is 12.2. The lowest BCUT2D eigenvalue weighted by molar-refractivity contribution is 0.112. The van der Waals surface area contributed by atoms with Gasteiger partial charge < -0.3 is 9.84 Å². The van der Waals surface area contributed by atoms with E-state index >= 15 is 0 Å². The molecule has 2 rings (SSSR count). The third kappa shape index (κ3) is 2.88. The van der Waals surface area contributed by atoms with Gasteiger partial charge in [0, 0.05) is 11.1 Å². The van der Waals surface area contributed by atoms with Crippen molar-refractivity contribution in [1.29, 1.82) is 0 Å². The Morgan fingerprint density at radius 2 is 1.89 bits per heavy atom. The number of benzene rings is 2. The highest BCUT2D eigenvalue weighted by Crippen LogP contribution is 2.20. The Morgan fingerprint density at radius 1 is 1.17 bits per heavy atom. The summed E-state index contributed by atoms with van der Waals surface area (Å²) in [6.45, 7) is 2.26. The van der Waals surface area contributed by atoms with Crippen molar-refractivity contribution in [3.05, 3.63) is 59.2 Å². The van der Waals surface area contributed by atoms with Gasteiger partial charge in [0.1, 0.15) is 24.4 Å². The molecule has 0 spiro atoms. The van der Waals surface area contributed by atoms with E-state index in [2.05, 4.69) is 0 Å². The maximum atomic E-state index is 10.5. The van der Waals surface area contributed by atoms with Crippen molar-refractivity contribution in [2.75, 3.05) is 0 Å². The Bertz CT molecular complexity index is 544. The number of aromatic hydroxyl groups is 1. The Hall–Kier alpha value is -2.29. The first-order valence-corrected chi connectivity index (χ1v) is 5.65. The summed E-state index contributed by atoms with van der Waals surface area (Å²) in [5, 5.41) is 9.67. The van der Waals surface area contributed by atoms with Gasteiger partial charge in [0.15, 0.2) is 0 Å². The number of aryl methyl sites for hydroxylation is 1. The van der Waals surface area contributed by atoms with Crippen LogP contribution in [-0.2, 0) is 6.61 Å². The molecule has 0 aliphatic rings. The number of rotatable bonds is 4. The van der Waals surface area contributed by atoms with Crippen LogP contribution in [0, 0.1) is 6.92 Å². The number of hydrogen-bond acceptors (Lipinski definition) is 3. The number of phenols is 1. The van der Waals surface area contributed by atoms with Gasteiger partial charge in [-0.1, -0.05) is 11.6 Å². The summed E-state index contributed by atoms with van der Waals surface area (Å²) in [5.41, 5.74) is 2.43. The monoisotopic (exact) mass is 242 g/mol. The quantitative estimate of drug-likeness (QED) is 0.838. The van der Waals surface area contributed by atoms with E-state index in [9.17, 15) is 9.90 Å². The Balaban J connectivity index is 2.06. The van der Waals surface area contributed by atoms with Crippen molar-refractivity contribution in [1.82, 2.24) is 0 Å². The fourth-order valence-corrected chi connectivity index (χ4v) is 1.63. The first-order valence-electron chi connectivity index (χ1n) is 5.65. The number of hydrogen-bond donors (Lipinski definition) is 1. The average molecular weight is 242 g/mol. The summed E-state index contributed by atoms with van der Waals surface area (Å²) in [7, 11) is 0. The third-order valence-electron chi connectivity index (χ3n) is 2.65. The summed E-state index contributed by atoms with van der Waals surface area (Å²) in [6, 6.07) is 12.2. The van der Waals surface area contributed by atoms with Crippen LogP contribution in [0.5, 0.6) is 11.5 Å². The summed E-state index contributed by atoms with van der Waals surface area (Å²) in [4.78, 5) is 10.5. The van der Waals surface area contributed by atoms with Gasteiger partial charge in [0.25, 0.3) is 0 Å². The van der Waals surface area contributed by atoms with E-state index in [0.717, 1.165) is 17.4 Å². The van der Waals surface area contributed by atoms with Gasteiger partial charge in [-0.2, -0.15) is 0 Å². The highest BCUT2D eigenvalue weighted by atomic mass is 16.5. The van der Waals surface area contributed by atoms with Gasteiger partial charge in [-0.25, -0.2) is 0 Å². The number of aldehydes is 1. The van der Waals surface area contributed by atoms with E-state index in [0.29, 0.717) is 17.9 Å². The standard InChI is InChI=1S/C15H14O3/c1-11-2-7-15(17)13(8-11)10-18-14-5-3-12(9-16)4-6-14/h2-9,17H,10H2,1H3. The fourth-order valence-electron chi connectivity index (χ4n) is 1.63. The Kier molecular flexibility index (Phi) is 3.63. The van der Waals surface area contributed by atoms with Crippen molar-refractivity contribution in [2.24, 2.45) is 0 Å². The van der Waals surface area contributed by atoms with Crippen LogP contribution < -0.4 is 4.74 Å². The van der Waals surface area contributed by atoms with Crippen molar-refractivity contribution >= 4 is 6.29 Å². The number of ether oxygens (including phenoxy) is 1. The summed E-state index contributed by atoms with van der Waals surface area (Å²) < 4.78 is 5.55. The predicted octanol–water partition coefficient (Wildman–Crippen LogP) is 3.09. The molecule has 0 unspecified atom stereocenters. The molecule has 18 heavy (non-hydrogen) atoms. The second-order valence-corrected chi connectivity index (χ2v) is 4.11. The highest BCUT2D eigenvalue weighted by Gasteiger charge is 2.02. The van der Waals surface area contributed by atoms with E-state index in [4.69, 9.17) is 4.74 Å². The van der Waals surface area contributed by atoms with Gasteiger partial charge >= 0.3 is 0 Å². The van der Waals surface area contributed by atoms with Crippen molar-refractivity contribution in [2.45, 2.75) is 13.5 Å². The zero-order chi connectivity index (χ0) is 13.0. The molecule has 2 aromatic carbocycles. The zero-order valence-electron chi connectivity index (χ0n) is 10.1. The number of phenolic OH excluding ortho intramolecular Hbond substituents is 1. The zero-order valence-corrected chi connectivity index (χ0v) is 10.1. The molecule has 0 saturated carbocycles. The van der Waals surface area contributed by atoms with Crippen LogP contribution in [0.2, 0.25) is 0 Å². The predicted molar refractivity (Wildman–Crippen MR) is 69.0 cm³/mol. The second kappa shape index (κ2) is 5.36. The maximum absolute atomic E-state index is 10.5. The van der Waals surface area contributed by atoms with Gasteiger partial charge in [0.05, 0.1) is 0 Å². The third-order valence-corrected chi connectivity index (χ3v) is 2.65. The smallest absolute Gasteiger partial charge is 0.150 e. The Labute approximate surface area is 106 Å². The molecule has 2 aromatic rings. The Morgan fingerprint density at radius 3 is 2.56 bits per heavy atom. The van der Waals surface area contributed by atoms with Crippen LogP contribution in [0.3, 0.4) is 0 Å². The van der Waals surface area contributed by atoms with Crippen molar-refractivity contribution in [3.63, 3.8) is 0 Å². The fraction of sp³-hybridized carbons (Fsp3) is 0.133. The minimum absolute atomic E-state index is 0.227. The van der Waals surface area contributed by atoms with E-state index in [1.54, 1.807) is 30.3 Å². The van der Waals surface area contributed by atoms with Crippen LogP contribution in [0.1, 0.15) is 21.5 Å². The molecular weight excluding hydrogens is 228 g/mol. The summed E-state index contributed by atoms with van der Waals surface area (Å²) in [5.74, 6) is 0.895. The highest BCUT2D eigenvalue weighted by molar-refractivity contribution is 5.74. The molecule has 0 heterocycles. The van der Waals surface area contributed by atoms with Gasteiger partial charge in [-0.05, 0) is 43.3 Å². The lowest BCUT2D eigenvalue weighted by Crippen LogP contribution is -1.96. The normalized spacial score (nSPS) is 10.1. The van der Waals surface area contributed by atoms with Crippen LogP contribution in [0.25, 0.3) is 0 Å².